The molecule has 0 aliphatic rings. The third-order valence-electron chi connectivity index (χ3n) is 6.69. The SMILES string of the molecule is Bc1cc(-n2c3ccccc3c3ccc(-c4ccccc4)cc32)cc2c1sc1ccccc12. The van der Waals surface area contributed by atoms with Gasteiger partial charge in [-0.25, -0.2) is 0 Å². The maximum Gasteiger partial charge on any atom is 0.141 e. The molecule has 0 fully saturated rings. The van der Waals surface area contributed by atoms with Crippen LogP contribution in [0.2, 0.25) is 0 Å². The molecule has 1 nitrogen and oxygen atoms in total. The largest absolute Gasteiger partial charge is 0.309 e. The van der Waals surface area contributed by atoms with Crippen molar-refractivity contribution in [3.63, 3.8) is 0 Å². The monoisotopic (exact) mass is 437 g/mol. The van der Waals surface area contributed by atoms with Crippen LogP contribution in [0.5, 0.6) is 0 Å². The molecule has 3 heteroatoms. The summed E-state index contributed by atoms with van der Waals surface area (Å²) in [6.45, 7) is 0. The zero-order chi connectivity index (χ0) is 21.9. The molecule has 0 aliphatic carbocycles. The number of nitrogens with zero attached hydrogens (tertiary/aromatic N) is 1. The summed E-state index contributed by atoms with van der Waals surface area (Å²) in [6, 6.07) is 39.7. The van der Waals surface area contributed by atoms with Crippen LogP contribution in [0.1, 0.15) is 0 Å². The fourth-order valence-corrected chi connectivity index (χ4v) is 6.32. The number of hydrogen-bond acceptors (Lipinski definition) is 1. The molecule has 154 valence electrons. The van der Waals surface area contributed by atoms with Crippen LogP contribution < -0.4 is 5.46 Å². The third kappa shape index (κ3) is 2.79. The first-order valence-electron chi connectivity index (χ1n) is 11.3. The second kappa shape index (κ2) is 7.09. The Morgan fingerprint density at radius 2 is 1.27 bits per heavy atom. The smallest absolute Gasteiger partial charge is 0.141 e. The van der Waals surface area contributed by atoms with Crippen LogP contribution in [0.15, 0.2) is 109 Å². The number of hydrogen-bond donors (Lipinski definition) is 0. The fourth-order valence-electron chi connectivity index (χ4n) is 5.17. The maximum absolute atomic E-state index is 2.44. The average Bonchev–Trinajstić information content (AvgIpc) is 3.40. The molecule has 7 aromatic rings. The van der Waals surface area contributed by atoms with Crippen LogP contribution in [-0.4, -0.2) is 12.4 Å². The van der Waals surface area contributed by atoms with E-state index in [1.165, 1.54) is 64.3 Å². The lowest BCUT2D eigenvalue weighted by Gasteiger charge is -2.11. The Labute approximate surface area is 196 Å². The highest BCUT2D eigenvalue weighted by atomic mass is 32.1. The van der Waals surface area contributed by atoms with E-state index in [0.717, 1.165) is 0 Å². The lowest BCUT2D eigenvalue weighted by atomic mass is 9.93. The van der Waals surface area contributed by atoms with E-state index in [1.807, 2.05) is 11.3 Å². The van der Waals surface area contributed by atoms with Crippen LogP contribution in [-0.2, 0) is 0 Å². The van der Waals surface area contributed by atoms with Gasteiger partial charge < -0.3 is 4.57 Å². The van der Waals surface area contributed by atoms with Gasteiger partial charge in [-0.2, -0.15) is 0 Å². The van der Waals surface area contributed by atoms with Crippen molar-refractivity contribution in [3.05, 3.63) is 109 Å². The molecule has 2 heterocycles. The molecule has 0 bridgehead atoms. The Morgan fingerprint density at radius 1 is 0.545 bits per heavy atom. The standard InChI is InChI=1S/C30H20BNS/c31-26-18-21(17-25-24-11-5-7-13-29(24)33-30(25)26)32-27-12-6-4-10-22(27)23-15-14-20(16-28(23)32)19-8-2-1-3-9-19/h1-18H,31H2. The second-order valence-electron chi connectivity index (χ2n) is 8.69. The molecular weight excluding hydrogens is 417 g/mol. The van der Waals surface area contributed by atoms with Crippen molar-refractivity contribution in [1.82, 2.24) is 4.57 Å². The van der Waals surface area contributed by atoms with E-state index in [1.54, 1.807) is 0 Å². The van der Waals surface area contributed by atoms with Gasteiger partial charge in [-0.1, -0.05) is 84.3 Å². The number of thiophene rings is 1. The van der Waals surface area contributed by atoms with Crippen LogP contribution in [0.4, 0.5) is 0 Å². The van der Waals surface area contributed by atoms with E-state index in [2.05, 4.69) is 122 Å². The first-order valence-corrected chi connectivity index (χ1v) is 12.1. The minimum atomic E-state index is 1.22. The van der Waals surface area contributed by atoms with Crippen LogP contribution >= 0.6 is 11.3 Å². The van der Waals surface area contributed by atoms with Crippen molar-refractivity contribution < 1.29 is 0 Å². The Kier molecular flexibility index (Phi) is 4.03. The molecule has 0 amide bonds. The zero-order valence-electron chi connectivity index (χ0n) is 18.2. The molecule has 0 radical (unpaired) electrons. The van der Waals surface area contributed by atoms with E-state index in [9.17, 15) is 0 Å². The molecule has 5 aromatic carbocycles. The first-order chi connectivity index (χ1) is 16.3. The van der Waals surface area contributed by atoms with Gasteiger partial charge in [0.2, 0.25) is 0 Å². The van der Waals surface area contributed by atoms with Gasteiger partial charge in [0, 0.05) is 36.6 Å². The number of fused-ring (bicyclic) bond motifs is 6. The quantitative estimate of drug-likeness (QED) is 0.255. The number of rotatable bonds is 2. The molecule has 0 saturated carbocycles. The normalized spacial score (nSPS) is 11.8. The minimum absolute atomic E-state index is 1.22. The molecule has 0 unspecified atom stereocenters. The molecule has 0 spiro atoms. The lowest BCUT2D eigenvalue weighted by Crippen LogP contribution is -2.05. The highest BCUT2D eigenvalue weighted by molar-refractivity contribution is 7.26. The van der Waals surface area contributed by atoms with Crippen LogP contribution in [0.25, 0.3) is 58.8 Å². The van der Waals surface area contributed by atoms with Gasteiger partial charge in [-0.3, -0.25) is 0 Å². The molecule has 0 atom stereocenters. The van der Waals surface area contributed by atoms with E-state index < -0.39 is 0 Å². The Morgan fingerprint density at radius 3 is 2.15 bits per heavy atom. The van der Waals surface area contributed by atoms with Crippen molar-refractivity contribution in [3.8, 4) is 16.8 Å². The van der Waals surface area contributed by atoms with Crippen LogP contribution in [0.3, 0.4) is 0 Å². The molecule has 0 saturated heterocycles. The summed E-state index contributed by atoms with van der Waals surface area (Å²) in [5.74, 6) is 0. The summed E-state index contributed by atoms with van der Waals surface area (Å²) in [7, 11) is 2.24. The number of para-hydroxylation sites is 1. The summed E-state index contributed by atoms with van der Waals surface area (Å²) in [5, 5.41) is 5.27. The van der Waals surface area contributed by atoms with Gasteiger partial charge in [0.05, 0.1) is 11.0 Å². The lowest BCUT2D eigenvalue weighted by molar-refractivity contribution is 1.19. The minimum Gasteiger partial charge on any atom is -0.309 e. The number of benzene rings is 5. The first kappa shape index (κ1) is 18.7. The molecule has 0 aliphatic heterocycles. The summed E-state index contributed by atoms with van der Waals surface area (Å²) in [4.78, 5) is 0. The Hall–Kier alpha value is -3.82. The van der Waals surface area contributed by atoms with E-state index in [-0.39, 0.29) is 0 Å². The van der Waals surface area contributed by atoms with Gasteiger partial charge in [-0.05, 0) is 41.5 Å². The summed E-state index contributed by atoms with van der Waals surface area (Å²) >= 11 is 1.89. The molecular formula is C30H20BNS. The predicted octanol–water partition coefficient (Wildman–Crippen LogP) is 7.08. The summed E-state index contributed by atoms with van der Waals surface area (Å²) < 4.78 is 5.17. The highest BCUT2D eigenvalue weighted by Gasteiger charge is 2.15. The second-order valence-corrected chi connectivity index (χ2v) is 9.74. The maximum atomic E-state index is 2.44. The van der Waals surface area contributed by atoms with Gasteiger partial charge in [0.25, 0.3) is 0 Å². The average molecular weight is 437 g/mol. The molecule has 2 aromatic heterocycles. The highest BCUT2D eigenvalue weighted by Crippen LogP contribution is 2.37. The molecule has 7 rings (SSSR count). The van der Waals surface area contributed by atoms with Crippen LogP contribution in [0, 0.1) is 0 Å². The zero-order valence-corrected chi connectivity index (χ0v) is 19.1. The molecule has 33 heavy (non-hydrogen) atoms. The fraction of sp³-hybridized carbons (Fsp3) is 0. The number of aromatic nitrogens is 1. The summed E-state index contributed by atoms with van der Waals surface area (Å²) in [6.07, 6.45) is 0. The Balaban J connectivity index is 1.59. The van der Waals surface area contributed by atoms with E-state index in [4.69, 9.17) is 0 Å². The summed E-state index contributed by atoms with van der Waals surface area (Å²) in [5.41, 5.74) is 7.53. The van der Waals surface area contributed by atoms with Crippen molar-refractivity contribution in [1.29, 1.82) is 0 Å². The van der Waals surface area contributed by atoms with Crippen molar-refractivity contribution in [2.45, 2.75) is 0 Å². The topological polar surface area (TPSA) is 4.93 Å². The van der Waals surface area contributed by atoms with Crippen molar-refractivity contribution in [2.24, 2.45) is 0 Å². The van der Waals surface area contributed by atoms with E-state index in [0.29, 0.717) is 0 Å². The van der Waals surface area contributed by atoms with Crippen molar-refractivity contribution in [2.75, 3.05) is 0 Å². The van der Waals surface area contributed by atoms with E-state index >= 15 is 0 Å². The van der Waals surface area contributed by atoms with Crippen molar-refractivity contribution >= 4 is 66.6 Å². The van der Waals surface area contributed by atoms with Gasteiger partial charge in [-0.15, -0.1) is 11.3 Å². The predicted molar refractivity (Wildman–Crippen MR) is 147 cm³/mol. The molecule has 0 N–H and O–H groups in total. The van der Waals surface area contributed by atoms with Gasteiger partial charge in [0.1, 0.15) is 7.85 Å². The Bertz CT molecular complexity index is 1830. The van der Waals surface area contributed by atoms with Gasteiger partial charge in [0.15, 0.2) is 0 Å². The van der Waals surface area contributed by atoms with Gasteiger partial charge >= 0.3 is 0 Å². The third-order valence-corrected chi connectivity index (χ3v) is 8.01.